The Morgan fingerprint density at radius 2 is 2.00 bits per heavy atom. The molecule has 6 heteroatoms. The third kappa shape index (κ3) is 3.45. The first kappa shape index (κ1) is 15.2. The molecule has 0 spiro atoms. The highest BCUT2D eigenvalue weighted by Crippen LogP contribution is 2.30. The van der Waals surface area contributed by atoms with Crippen molar-refractivity contribution >= 4 is 17.9 Å². The molecule has 0 aromatic heterocycles. The summed E-state index contributed by atoms with van der Waals surface area (Å²) < 4.78 is 33.2. The van der Waals surface area contributed by atoms with Gasteiger partial charge >= 0.3 is 0 Å². The van der Waals surface area contributed by atoms with Gasteiger partial charge in [0.15, 0.2) is 0 Å². The maximum Gasteiger partial charge on any atom is 0.234 e. The molecule has 0 radical (unpaired) electrons. The van der Waals surface area contributed by atoms with E-state index in [0.29, 0.717) is 12.2 Å². The molecule has 1 aromatic rings. The number of benzene rings is 1. The second-order valence-electron chi connectivity index (χ2n) is 4.66. The minimum atomic E-state index is -0.979. The Labute approximate surface area is 120 Å². The molecule has 0 saturated carbocycles. The molecule has 2 rings (SSSR count). The molecule has 0 aliphatic carbocycles. The second-order valence-corrected chi connectivity index (χ2v) is 4.66. The van der Waals surface area contributed by atoms with Crippen LogP contribution in [0.1, 0.15) is 36.8 Å². The Bertz CT molecular complexity index is 576. The van der Waals surface area contributed by atoms with Crippen molar-refractivity contribution in [3.8, 4) is 0 Å². The SMILES string of the molecule is CCOC=Cc1cc(F)c(C2CCC(=O)NC2=O)c(F)c1. The van der Waals surface area contributed by atoms with E-state index in [-0.39, 0.29) is 18.4 Å². The average Bonchev–Trinajstić information content (AvgIpc) is 2.41. The fraction of sp³-hybridized carbons (Fsp3) is 0.333. The van der Waals surface area contributed by atoms with E-state index in [9.17, 15) is 18.4 Å². The Hall–Kier alpha value is -2.24. The van der Waals surface area contributed by atoms with Crippen LogP contribution in [0.15, 0.2) is 18.4 Å². The molecule has 1 aromatic carbocycles. The van der Waals surface area contributed by atoms with Crippen LogP contribution in [0.25, 0.3) is 6.08 Å². The van der Waals surface area contributed by atoms with Crippen molar-refractivity contribution in [2.45, 2.75) is 25.7 Å². The minimum absolute atomic E-state index is 0.0707. The van der Waals surface area contributed by atoms with Crippen molar-refractivity contribution in [2.24, 2.45) is 0 Å². The van der Waals surface area contributed by atoms with Gasteiger partial charge in [-0.3, -0.25) is 14.9 Å². The summed E-state index contributed by atoms with van der Waals surface area (Å²) in [6.07, 6.45) is 2.96. The molecule has 2 amide bonds. The van der Waals surface area contributed by atoms with Crippen LogP contribution in [0, 0.1) is 11.6 Å². The van der Waals surface area contributed by atoms with Gasteiger partial charge in [-0.2, -0.15) is 0 Å². The molecule has 4 nitrogen and oxygen atoms in total. The van der Waals surface area contributed by atoms with Gasteiger partial charge in [-0.15, -0.1) is 0 Å². The molecule has 112 valence electrons. The molecule has 1 aliphatic rings. The summed E-state index contributed by atoms with van der Waals surface area (Å²) in [6.45, 7) is 2.24. The first-order chi connectivity index (χ1) is 10.0. The lowest BCUT2D eigenvalue weighted by Gasteiger charge is -2.22. The number of piperidine rings is 1. The zero-order valence-corrected chi connectivity index (χ0v) is 11.5. The number of ether oxygens (including phenoxy) is 1. The zero-order valence-electron chi connectivity index (χ0n) is 11.5. The number of rotatable bonds is 4. The maximum absolute atomic E-state index is 14.1. The van der Waals surface area contributed by atoms with E-state index in [1.54, 1.807) is 6.92 Å². The lowest BCUT2D eigenvalue weighted by atomic mass is 9.89. The number of carbonyl (C=O) groups is 2. The van der Waals surface area contributed by atoms with Gasteiger partial charge in [0.1, 0.15) is 11.6 Å². The standard InChI is InChI=1S/C15H15F2NO3/c1-2-21-6-5-9-7-11(16)14(12(17)8-9)10-3-4-13(19)18-15(10)20/h5-8,10H,2-4H2,1H3,(H,18,19,20). The quantitative estimate of drug-likeness (QED) is 0.686. The summed E-state index contributed by atoms with van der Waals surface area (Å²) in [7, 11) is 0. The summed E-state index contributed by atoms with van der Waals surface area (Å²) in [4.78, 5) is 22.8. The van der Waals surface area contributed by atoms with Gasteiger partial charge in [-0.1, -0.05) is 0 Å². The summed E-state index contributed by atoms with van der Waals surface area (Å²) in [5, 5.41) is 2.09. The normalized spacial score (nSPS) is 18.9. The molecule has 1 aliphatic heterocycles. The van der Waals surface area contributed by atoms with Crippen molar-refractivity contribution < 1.29 is 23.1 Å². The van der Waals surface area contributed by atoms with E-state index >= 15 is 0 Å². The lowest BCUT2D eigenvalue weighted by molar-refractivity contribution is -0.134. The van der Waals surface area contributed by atoms with Crippen molar-refractivity contribution in [3.05, 3.63) is 41.2 Å². The highest BCUT2D eigenvalue weighted by molar-refractivity contribution is 6.01. The Balaban J connectivity index is 2.29. The molecular weight excluding hydrogens is 280 g/mol. The number of halogens is 2. The van der Waals surface area contributed by atoms with Crippen LogP contribution in [-0.2, 0) is 14.3 Å². The summed E-state index contributed by atoms with van der Waals surface area (Å²) in [6, 6.07) is 2.27. The molecule has 21 heavy (non-hydrogen) atoms. The van der Waals surface area contributed by atoms with Crippen LogP contribution >= 0.6 is 0 Å². The van der Waals surface area contributed by atoms with Crippen molar-refractivity contribution in [3.63, 3.8) is 0 Å². The Kier molecular flexibility index (Phi) is 4.67. The van der Waals surface area contributed by atoms with E-state index in [4.69, 9.17) is 4.74 Å². The topological polar surface area (TPSA) is 55.4 Å². The van der Waals surface area contributed by atoms with Gasteiger partial charge < -0.3 is 4.74 Å². The van der Waals surface area contributed by atoms with Gasteiger partial charge in [0.05, 0.1) is 18.8 Å². The molecule has 1 fully saturated rings. The summed E-state index contributed by atoms with van der Waals surface area (Å²) in [5.74, 6) is -3.68. The Morgan fingerprint density at radius 3 is 2.57 bits per heavy atom. The Morgan fingerprint density at radius 1 is 1.33 bits per heavy atom. The van der Waals surface area contributed by atoms with E-state index in [2.05, 4.69) is 5.32 Å². The van der Waals surface area contributed by atoms with Crippen LogP contribution in [0.2, 0.25) is 0 Å². The fourth-order valence-electron chi connectivity index (χ4n) is 2.22. The largest absolute Gasteiger partial charge is 0.501 e. The first-order valence-electron chi connectivity index (χ1n) is 6.63. The van der Waals surface area contributed by atoms with Crippen LogP contribution in [0.5, 0.6) is 0 Å². The smallest absolute Gasteiger partial charge is 0.234 e. The van der Waals surface area contributed by atoms with Gasteiger partial charge in [-0.05, 0) is 37.1 Å². The van der Waals surface area contributed by atoms with Gasteiger partial charge in [0.2, 0.25) is 11.8 Å². The number of nitrogens with one attached hydrogen (secondary N) is 1. The predicted molar refractivity (Wildman–Crippen MR) is 72.1 cm³/mol. The first-order valence-corrected chi connectivity index (χ1v) is 6.63. The molecule has 1 atom stereocenters. The highest BCUT2D eigenvalue weighted by Gasteiger charge is 2.32. The van der Waals surface area contributed by atoms with E-state index in [0.717, 1.165) is 12.1 Å². The van der Waals surface area contributed by atoms with E-state index in [1.807, 2.05) is 0 Å². The zero-order chi connectivity index (χ0) is 15.4. The number of amides is 2. The molecule has 1 unspecified atom stereocenters. The fourth-order valence-corrected chi connectivity index (χ4v) is 2.22. The number of hydrogen-bond donors (Lipinski definition) is 1. The van der Waals surface area contributed by atoms with Gasteiger partial charge in [0.25, 0.3) is 0 Å². The molecule has 0 bridgehead atoms. The van der Waals surface area contributed by atoms with Crippen LogP contribution in [0.4, 0.5) is 8.78 Å². The predicted octanol–water partition coefficient (Wildman–Crippen LogP) is 2.49. The van der Waals surface area contributed by atoms with Crippen molar-refractivity contribution in [2.75, 3.05) is 6.61 Å². The van der Waals surface area contributed by atoms with Gasteiger partial charge in [-0.25, -0.2) is 8.78 Å². The third-order valence-electron chi connectivity index (χ3n) is 3.21. The second kappa shape index (κ2) is 6.47. The monoisotopic (exact) mass is 295 g/mol. The number of hydrogen-bond acceptors (Lipinski definition) is 3. The van der Waals surface area contributed by atoms with E-state index < -0.39 is 29.4 Å². The minimum Gasteiger partial charge on any atom is -0.501 e. The summed E-state index contributed by atoms with van der Waals surface area (Å²) in [5.41, 5.74) is 0.00283. The molecule has 1 N–H and O–H groups in total. The summed E-state index contributed by atoms with van der Waals surface area (Å²) >= 11 is 0. The average molecular weight is 295 g/mol. The van der Waals surface area contributed by atoms with Gasteiger partial charge in [0, 0.05) is 12.0 Å². The lowest BCUT2D eigenvalue weighted by Crippen LogP contribution is -2.40. The van der Waals surface area contributed by atoms with E-state index in [1.165, 1.54) is 12.3 Å². The van der Waals surface area contributed by atoms with Crippen LogP contribution in [-0.4, -0.2) is 18.4 Å². The third-order valence-corrected chi connectivity index (χ3v) is 3.21. The molecule has 1 saturated heterocycles. The number of carbonyl (C=O) groups excluding carboxylic acids is 2. The van der Waals surface area contributed by atoms with Crippen LogP contribution < -0.4 is 5.32 Å². The number of imide groups is 1. The molecular formula is C15H15F2NO3. The maximum atomic E-state index is 14.1. The van der Waals surface area contributed by atoms with Crippen LogP contribution in [0.3, 0.4) is 0 Å². The van der Waals surface area contributed by atoms with Crippen molar-refractivity contribution in [1.29, 1.82) is 0 Å². The molecule has 1 heterocycles. The van der Waals surface area contributed by atoms with Crippen molar-refractivity contribution in [1.82, 2.24) is 5.32 Å². The highest BCUT2D eigenvalue weighted by atomic mass is 19.1.